The van der Waals surface area contributed by atoms with Gasteiger partial charge in [0.2, 0.25) is 0 Å². The molecular weight excluding hydrogens is 194 g/mol. The van der Waals surface area contributed by atoms with Crippen molar-refractivity contribution in [3.63, 3.8) is 0 Å². The lowest BCUT2D eigenvalue weighted by atomic mass is 10.2. The lowest BCUT2D eigenvalue weighted by Gasteiger charge is -2.10. The molecule has 0 fully saturated rings. The minimum atomic E-state index is 0.392. The van der Waals surface area contributed by atoms with E-state index in [-0.39, 0.29) is 0 Å². The first-order valence-electron chi connectivity index (χ1n) is 5.37. The Morgan fingerprint density at radius 1 is 1.29 bits per heavy atom. The molecule has 1 aromatic rings. The summed E-state index contributed by atoms with van der Waals surface area (Å²) in [5.41, 5.74) is 0. The first kappa shape index (κ1) is 11.6. The number of nitrogens with one attached hydrogen (secondary N) is 1. The molecule has 4 heteroatoms. The fourth-order valence-corrected chi connectivity index (χ4v) is 2.48. The summed E-state index contributed by atoms with van der Waals surface area (Å²) in [4.78, 5) is 0. The van der Waals surface area contributed by atoms with Crippen LogP contribution in [0.3, 0.4) is 0 Å². The number of nitrogens with zero attached hydrogens (tertiary/aromatic N) is 2. The van der Waals surface area contributed by atoms with Gasteiger partial charge in [0.05, 0.1) is 6.04 Å². The van der Waals surface area contributed by atoms with E-state index in [1.807, 2.05) is 0 Å². The highest BCUT2D eigenvalue weighted by atomic mass is 32.1. The maximum Gasteiger partial charge on any atom is 0.134 e. The Morgan fingerprint density at radius 3 is 2.64 bits per heavy atom. The Balaban J connectivity index is 2.63. The molecule has 80 valence electrons. The van der Waals surface area contributed by atoms with Crippen molar-refractivity contribution in [3.05, 3.63) is 10.0 Å². The van der Waals surface area contributed by atoms with Crippen molar-refractivity contribution in [2.45, 2.75) is 46.1 Å². The van der Waals surface area contributed by atoms with Gasteiger partial charge in [0.15, 0.2) is 0 Å². The Bertz CT molecular complexity index is 260. The Morgan fingerprint density at radius 2 is 2.07 bits per heavy atom. The van der Waals surface area contributed by atoms with Gasteiger partial charge in [0.25, 0.3) is 0 Å². The maximum absolute atomic E-state index is 4.23. The Kier molecular flexibility index (Phi) is 5.04. The molecule has 14 heavy (non-hydrogen) atoms. The number of hydrogen-bond donors (Lipinski definition) is 1. The van der Waals surface area contributed by atoms with Crippen LogP contribution in [0.4, 0.5) is 0 Å². The molecule has 1 atom stereocenters. The first-order valence-corrected chi connectivity index (χ1v) is 6.19. The van der Waals surface area contributed by atoms with Crippen molar-refractivity contribution < 1.29 is 0 Å². The van der Waals surface area contributed by atoms with Gasteiger partial charge in [-0.25, -0.2) is 0 Å². The van der Waals surface area contributed by atoms with Crippen LogP contribution < -0.4 is 5.32 Å². The second-order valence-electron chi connectivity index (χ2n) is 3.30. The normalized spacial score (nSPS) is 13.1. The average molecular weight is 213 g/mol. The molecule has 0 amide bonds. The molecule has 0 saturated carbocycles. The van der Waals surface area contributed by atoms with Gasteiger partial charge >= 0.3 is 0 Å². The summed E-state index contributed by atoms with van der Waals surface area (Å²) in [5, 5.41) is 14.1. The van der Waals surface area contributed by atoms with E-state index in [0.29, 0.717) is 6.04 Å². The van der Waals surface area contributed by atoms with Crippen molar-refractivity contribution >= 4 is 11.3 Å². The van der Waals surface area contributed by atoms with E-state index in [0.717, 1.165) is 30.8 Å². The summed E-state index contributed by atoms with van der Waals surface area (Å²) >= 11 is 1.75. The van der Waals surface area contributed by atoms with Gasteiger partial charge in [-0.1, -0.05) is 32.1 Å². The summed E-state index contributed by atoms with van der Waals surface area (Å²) in [7, 11) is 0. The van der Waals surface area contributed by atoms with E-state index < -0.39 is 0 Å². The van der Waals surface area contributed by atoms with Gasteiger partial charge in [-0.15, -0.1) is 10.2 Å². The van der Waals surface area contributed by atoms with E-state index in [1.165, 1.54) is 5.01 Å². The molecular formula is C10H19N3S. The molecule has 1 heterocycles. The SMILES string of the molecule is CCCc1nnc(C(CC)NCC)s1. The van der Waals surface area contributed by atoms with Crippen LogP contribution in [0.5, 0.6) is 0 Å². The molecule has 0 aliphatic rings. The second-order valence-corrected chi connectivity index (χ2v) is 4.40. The van der Waals surface area contributed by atoms with Crippen LogP contribution in [-0.2, 0) is 6.42 Å². The lowest BCUT2D eigenvalue weighted by Crippen LogP contribution is -2.19. The third-order valence-corrected chi connectivity index (χ3v) is 3.20. The van der Waals surface area contributed by atoms with Crippen molar-refractivity contribution in [1.82, 2.24) is 15.5 Å². The third kappa shape index (κ3) is 3.03. The number of aromatic nitrogens is 2. The highest BCUT2D eigenvalue weighted by Crippen LogP contribution is 2.21. The van der Waals surface area contributed by atoms with E-state index in [4.69, 9.17) is 0 Å². The lowest BCUT2D eigenvalue weighted by molar-refractivity contribution is 0.530. The minimum Gasteiger partial charge on any atom is -0.308 e. The van der Waals surface area contributed by atoms with Crippen molar-refractivity contribution in [2.75, 3.05) is 6.54 Å². The fourth-order valence-electron chi connectivity index (χ4n) is 1.37. The Hall–Kier alpha value is -0.480. The largest absolute Gasteiger partial charge is 0.308 e. The van der Waals surface area contributed by atoms with Gasteiger partial charge < -0.3 is 5.32 Å². The van der Waals surface area contributed by atoms with Gasteiger partial charge in [0.1, 0.15) is 10.0 Å². The van der Waals surface area contributed by atoms with Crippen LogP contribution in [0.1, 0.15) is 49.7 Å². The molecule has 3 nitrogen and oxygen atoms in total. The molecule has 1 unspecified atom stereocenters. The summed E-state index contributed by atoms with van der Waals surface area (Å²) in [6, 6.07) is 0.392. The summed E-state index contributed by atoms with van der Waals surface area (Å²) in [6.45, 7) is 7.45. The number of rotatable bonds is 6. The summed E-state index contributed by atoms with van der Waals surface area (Å²) < 4.78 is 0. The zero-order valence-electron chi connectivity index (χ0n) is 9.21. The molecule has 0 radical (unpaired) electrons. The zero-order valence-corrected chi connectivity index (χ0v) is 10.0. The van der Waals surface area contributed by atoms with Crippen molar-refractivity contribution in [2.24, 2.45) is 0 Å². The van der Waals surface area contributed by atoms with E-state index in [2.05, 4.69) is 36.3 Å². The molecule has 1 aromatic heterocycles. The van der Waals surface area contributed by atoms with E-state index >= 15 is 0 Å². The Labute approximate surface area is 89.9 Å². The molecule has 1 N–H and O–H groups in total. The van der Waals surface area contributed by atoms with Gasteiger partial charge in [-0.05, 0) is 19.4 Å². The molecule has 0 saturated heterocycles. The number of aryl methyl sites for hydroxylation is 1. The molecule has 0 aliphatic carbocycles. The van der Waals surface area contributed by atoms with Crippen LogP contribution in [-0.4, -0.2) is 16.7 Å². The maximum atomic E-state index is 4.23. The van der Waals surface area contributed by atoms with Crippen LogP contribution in [0.15, 0.2) is 0 Å². The van der Waals surface area contributed by atoms with Crippen LogP contribution in [0.25, 0.3) is 0 Å². The third-order valence-electron chi connectivity index (χ3n) is 2.10. The number of hydrogen-bond acceptors (Lipinski definition) is 4. The van der Waals surface area contributed by atoms with Gasteiger partial charge in [-0.3, -0.25) is 0 Å². The highest BCUT2D eigenvalue weighted by molar-refractivity contribution is 7.11. The highest BCUT2D eigenvalue weighted by Gasteiger charge is 2.12. The minimum absolute atomic E-state index is 0.392. The smallest absolute Gasteiger partial charge is 0.134 e. The fraction of sp³-hybridized carbons (Fsp3) is 0.800. The second kappa shape index (κ2) is 6.09. The molecule has 1 rings (SSSR count). The summed E-state index contributed by atoms with van der Waals surface area (Å²) in [6.07, 6.45) is 3.28. The van der Waals surface area contributed by atoms with E-state index in [9.17, 15) is 0 Å². The molecule has 0 aliphatic heterocycles. The van der Waals surface area contributed by atoms with Crippen LogP contribution >= 0.6 is 11.3 Å². The predicted octanol–water partition coefficient (Wildman–Crippen LogP) is 2.55. The van der Waals surface area contributed by atoms with Crippen LogP contribution in [0.2, 0.25) is 0 Å². The standard InChI is InChI=1S/C10H19N3S/c1-4-7-9-12-13-10(14-9)8(5-2)11-6-3/h8,11H,4-7H2,1-3H3. The van der Waals surface area contributed by atoms with E-state index in [1.54, 1.807) is 11.3 Å². The van der Waals surface area contributed by atoms with Crippen LogP contribution in [0, 0.1) is 0 Å². The quantitative estimate of drug-likeness (QED) is 0.789. The molecule has 0 spiro atoms. The van der Waals surface area contributed by atoms with Gasteiger partial charge in [-0.2, -0.15) is 0 Å². The monoisotopic (exact) mass is 213 g/mol. The van der Waals surface area contributed by atoms with Crippen molar-refractivity contribution in [3.8, 4) is 0 Å². The molecule has 0 bridgehead atoms. The first-order chi connectivity index (χ1) is 6.81. The predicted molar refractivity (Wildman–Crippen MR) is 60.6 cm³/mol. The molecule has 0 aromatic carbocycles. The van der Waals surface area contributed by atoms with Crippen molar-refractivity contribution in [1.29, 1.82) is 0 Å². The summed E-state index contributed by atoms with van der Waals surface area (Å²) in [5.74, 6) is 0. The zero-order chi connectivity index (χ0) is 10.4. The topological polar surface area (TPSA) is 37.8 Å². The average Bonchev–Trinajstić information content (AvgIpc) is 2.63. The van der Waals surface area contributed by atoms with Gasteiger partial charge in [0, 0.05) is 6.42 Å².